The standard InChI is InChI=1S/C23H13IN2O5S2/c24-19-7-2-1-6-18(19)22(28)31-17-5-3-4-14(12-17)13-20-21(27)25(23(32)33-20)15-8-10-16(11-9-15)26(29)30/h1-13H/b20-13-. The van der Waals surface area contributed by atoms with E-state index in [0.29, 0.717) is 31.8 Å². The maximum absolute atomic E-state index is 13.0. The molecule has 0 atom stereocenters. The number of nitro groups is 1. The fraction of sp³-hybridized carbons (Fsp3) is 0. The van der Waals surface area contributed by atoms with Gasteiger partial charge >= 0.3 is 5.97 Å². The number of nitro benzene ring substituents is 1. The Morgan fingerprint density at radius 3 is 2.52 bits per heavy atom. The number of thioether (sulfide) groups is 1. The van der Waals surface area contributed by atoms with Crippen molar-refractivity contribution in [2.24, 2.45) is 0 Å². The third-order valence-corrected chi connectivity index (χ3v) is 6.82. The van der Waals surface area contributed by atoms with Crippen molar-refractivity contribution < 1.29 is 19.2 Å². The Balaban J connectivity index is 1.54. The zero-order valence-corrected chi connectivity index (χ0v) is 20.4. The van der Waals surface area contributed by atoms with Gasteiger partial charge in [0, 0.05) is 15.7 Å². The van der Waals surface area contributed by atoms with E-state index in [1.54, 1.807) is 42.5 Å². The molecule has 0 aromatic heterocycles. The van der Waals surface area contributed by atoms with Gasteiger partial charge in [-0.15, -0.1) is 0 Å². The first-order chi connectivity index (χ1) is 15.8. The lowest BCUT2D eigenvalue weighted by Gasteiger charge is -2.13. The molecule has 0 aliphatic carbocycles. The highest BCUT2D eigenvalue weighted by molar-refractivity contribution is 14.1. The number of halogens is 1. The number of nitrogens with zero attached hydrogens (tertiary/aromatic N) is 2. The quantitative estimate of drug-likeness (QED) is 0.0706. The summed E-state index contributed by atoms with van der Waals surface area (Å²) in [4.78, 5) is 37.5. The maximum atomic E-state index is 13.0. The summed E-state index contributed by atoms with van der Waals surface area (Å²) in [6, 6.07) is 19.6. The first kappa shape index (κ1) is 23.1. The van der Waals surface area contributed by atoms with Crippen LogP contribution >= 0.6 is 46.6 Å². The molecule has 3 aromatic carbocycles. The molecule has 4 rings (SSSR count). The van der Waals surface area contributed by atoms with E-state index in [2.05, 4.69) is 22.6 Å². The van der Waals surface area contributed by atoms with E-state index in [0.717, 1.165) is 15.3 Å². The Morgan fingerprint density at radius 2 is 1.82 bits per heavy atom. The number of anilines is 1. The number of hydrogen-bond donors (Lipinski definition) is 0. The number of esters is 1. The molecule has 33 heavy (non-hydrogen) atoms. The van der Waals surface area contributed by atoms with E-state index in [1.807, 2.05) is 12.1 Å². The summed E-state index contributed by atoms with van der Waals surface area (Å²) in [5, 5.41) is 10.9. The summed E-state index contributed by atoms with van der Waals surface area (Å²) in [5.41, 5.74) is 1.50. The molecule has 0 radical (unpaired) electrons. The molecule has 1 amide bonds. The van der Waals surface area contributed by atoms with Crippen LogP contribution in [0.15, 0.2) is 77.7 Å². The highest BCUT2D eigenvalue weighted by atomic mass is 127. The van der Waals surface area contributed by atoms with E-state index in [1.165, 1.54) is 29.2 Å². The van der Waals surface area contributed by atoms with Gasteiger partial charge in [-0.2, -0.15) is 0 Å². The first-order valence-electron chi connectivity index (χ1n) is 9.42. The van der Waals surface area contributed by atoms with Crippen LogP contribution in [0.2, 0.25) is 0 Å². The molecule has 0 bridgehead atoms. The van der Waals surface area contributed by atoms with Gasteiger partial charge in [-0.3, -0.25) is 19.8 Å². The molecule has 1 heterocycles. The van der Waals surface area contributed by atoms with Gasteiger partial charge in [-0.25, -0.2) is 4.79 Å². The number of rotatable bonds is 5. The fourth-order valence-electron chi connectivity index (χ4n) is 3.02. The Morgan fingerprint density at radius 1 is 1.09 bits per heavy atom. The molecule has 3 aromatic rings. The number of ether oxygens (including phenoxy) is 1. The largest absolute Gasteiger partial charge is 0.423 e. The molecular formula is C23H13IN2O5S2. The number of non-ortho nitro benzene ring substituents is 1. The SMILES string of the molecule is O=C(Oc1cccc(/C=C2\SC(=S)N(c3ccc([N+](=O)[O-])cc3)C2=O)c1)c1ccccc1I. The molecule has 1 aliphatic heterocycles. The third kappa shape index (κ3) is 5.13. The van der Waals surface area contributed by atoms with Crippen molar-refractivity contribution >= 4 is 80.2 Å². The van der Waals surface area contributed by atoms with E-state index in [4.69, 9.17) is 17.0 Å². The average molecular weight is 588 g/mol. The minimum atomic E-state index is -0.507. The van der Waals surface area contributed by atoms with Crippen molar-refractivity contribution in [2.45, 2.75) is 0 Å². The van der Waals surface area contributed by atoms with Crippen LogP contribution in [0.4, 0.5) is 11.4 Å². The highest BCUT2D eigenvalue weighted by Gasteiger charge is 2.33. The second-order valence-electron chi connectivity index (χ2n) is 6.73. The van der Waals surface area contributed by atoms with Crippen molar-refractivity contribution in [1.82, 2.24) is 0 Å². The van der Waals surface area contributed by atoms with Crippen LogP contribution in [0, 0.1) is 13.7 Å². The van der Waals surface area contributed by atoms with Crippen molar-refractivity contribution in [3.8, 4) is 5.75 Å². The van der Waals surface area contributed by atoms with E-state index in [9.17, 15) is 19.7 Å². The van der Waals surface area contributed by atoms with Crippen molar-refractivity contribution in [3.63, 3.8) is 0 Å². The Hall–Kier alpha value is -3.09. The molecule has 10 heteroatoms. The lowest BCUT2D eigenvalue weighted by Crippen LogP contribution is -2.27. The first-order valence-corrected chi connectivity index (χ1v) is 11.7. The number of carbonyl (C=O) groups excluding carboxylic acids is 2. The molecule has 1 saturated heterocycles. The molecule has 0 N–H and O–H groups in total. The molecule has 164 valence electrons. The van der Waals surface area contributed by atoms with Gasteiger partial charge in [0.25, 0.3) is 11.6 Å². The summed E-state index contributed by atoms with van der Waals surface area (Å²) in [7, 11) is 0. The topological polar surface area (TPSA) is 89.8 Å². The van der Waals surface area contributed by atoms with Crippen LogP contribution in [0.25, 0.3) is 6.08 Å². The fourth-order valence-corrected chi connectivity index (χ4v) is 4.93. The summed E-state index contributed by atoms with van der Waals surface area (Å²) in [6.07, 6.45) is 1.66. The molecular weight excluding hydrogens is 575 g/mol. The smallest absolute Gasteiger partial charge is 0.344 e. The lowest BCUT2D eigenvalue weighted by atomic mass is 10.2. The highest BCUT2D eigenvalue weighted by Crippen LogP contribution is 2.36. The Labute approximate surface area is 211 Å². The van der Waals surface area contributed by atoms with Gasteiger partial charge in [0.05, 0.1) is 21.1 Å². The van der Waals surface area contributed by atoms with Crippen molar-refractivity contribution in [1.29, 1.82) is 0 Å². The van der Waals surface area contributed by atoms with E-state index < -0.39 is 10.9 Å². The van der Waals surface area contributed by atoms with Gasteiger partial charge in [0.2, 0.25) is 0 Å². The second-order valence-corrected chi connectivity index (χ2v) is 9.57. The zero-order chi connectivity index (χ0) is 23.5. The normalized spacial score (nSPS) is 14.6. The minimum absolute atomic E-state index is 0.0729. The van der Waals surface area contributed by atoms with Gasteiger partial charge in [-0.05, 0) is 70.6 Å². The summed E-state index contributed by atoms with van der Waals surface area (Å²) in [6.45, 7) is 0. The van der Waals surface area contributed by atoms with Crippen molar-refractivity contribution in [3.05, 3.63) is 103 Å². The van der Waals surface area contributed by atoms with Gasteiger partial charge in [-0.1, -0.05) is 48.2 Å². The maximum Gasteiger partial charge on any atom is 0.344 e. The number of benzene rings is 3. The minimum Gasteiger partial charge on any atom is -0.423 e. The second kappa shape index (κ2) is 9.81. The van der Waals surface area contributed by atoms with Crippen LogP contribution in [0.3, 0.4) is 0 Å². The molecule has 7 nitrogen and oxygen atoms in total. The summed E-state index contributed by atoms with van der Waals surface area (Å²) in [5.74, 6) is -0.457. The number of thiocarbonyl (C=S) groups is 1. The molecule has 0 saturated carbocycles. The zero-order valence-electron chi connectivity index (χ0n) is 16.6. The van der Waals surface area contributed by atoms with Crippen LogP contribution in [-0.2, 0) is 4.79 Å². The van der Waals surface area contributed by atoms with Crippen LogP contribution < -0.4 is 9.64 Å². The van der Waals surface area contributed by atoms with Gasteiger partial charge in [0.15, 0.2) is 4.32 Å². The van der Waals surface area contributed by atoms with Crippen LogP contribution in [0.1, 0.15) is 15.9 Å². The van der Waals surface area contributed by atoms with E-state index in [-0.39, 0.29) is 11.6 Å². The number of carbonyl (C=O) groups is 2. The Bertz CT molecular complexity index is 1320. The average Bonchev–Trinajstić information content (AvgIpc) is 3.07. The monoisotopic (exact) mass is 588 g/mol. The van der Waals surface area contributed by atoms with Gasteiger partial charge < -0.3 is 4.74 Å². The molecule has 0 unspecified atom stereocenters. The molecule has 0 spiro atoms. The summed E-state index contributed by atoms with van der Waals surface area (Å²) < 4.78 is 6.60. The summed E-state index contributed by atoms with van der Waals surface area (Å²) >= 11 is 8.55. The van der Waals surface area contributed by atoms with Crippen LogP contribution in [0.5, 0.6) is 5.75 Å². The Kier molecular flexibility index (Phi) is 6.86. The predicted octanol–water partition coefficient (Wildman–Crippen LogP) is 5.82. The van der Waals surface area contributed by atoms with Crippen LogP contribution in [-0.4, -0.2) is 21.1 Å². The molecule has 1 fully saturated rings. The number of hydrogen-bond acceptors (Lipinski definition) is 7. The predicted molar refractivity (Wildman–Crippen MR) is 139 cm³/mol. The van der Waals surface area contributed by atoms with Gasteiger partial charge in [0.1, 0.15) is 5.75 Å². The third-order valence-electron chi connectivity index (χ3n) is 4.57. The number of amides is 1. The van der Waals surface area contributed by atoms with Crippen molar-refractivity contribution in [2.75, 3.05) is 4.90 Å². The lowest BCUT2D eigenvalue weighted by molar-refractivity contribution is -0.384. The van der Waals surface area contributed by atoms with E-state index >= 15 is 0 Å². The molecule has 1 aliphatic rings.